The van der Waals surface area contributed by atoms with Gasteiger partial charge in [-0.25, -0.2) is 0 Å². The molecule has 15 heavy (non-hydrogen) atoms. The summed E-state index contributed by atoms with van der Waals surface area (Å²) in [5, 5.41) is 9.47. The van der Waals surface area contributed by atoms with Crippen LogP contribution in [0.1, 0.15) is 46.0 Å². The van der Waals surface area contributed by atoms with Crippen molar-refractivity contribution in [2.24, 2.45) is 0 Å². The second-order valence-electron chi connectivity index (χ2n) is 4.29. The van der Waals surface area contributed by atoms with Gasteiger partial charge in [-0.3, -0.25) is 15.4 Å². The van der Waals surface area contributed by atoms with Gasteiger partial charge in [0, 0.05) is 12.5 Å². The van der Waals surface area contributed by atoms with E-state index in [9.17, 15) is 4.79 Å². The lowest BCUT2D eigenvalue weighted by atomic mass is 10.2. The highest BCUT2D eigenvalue weighted by atomic mass is 16.2. The Kier molecular flexibility index (Phi) is 5.65. The number of hydrogen-bond acceptors (Lipinski definition) is 3. The minimum Gasteiger partial charge on any atom is -0.328 e. The van der Waals surface area contributed by atoms with Crippen molar-refractivity contribution in [1.29, 1.82) is 0 Å². The van der Waals surface area contributed by atoms with Crippen LogP contribution in [0.15, 0.2) is 0 Å². The van der Waals surface area contributed by atoms with Gasteiger partial charge in [0.1, 0.15) is 6.29 Å². The van der Waals surface area contributed by atoms with Gasteiger partial charge in [-0.15, -0.1) is 0 Å². The molecule has 1 fully saturated rings. The van der Waals surface area contributed by atoms with E-state index in [4.69, 9.17) is 0 Å². The third kappa shape index (κ3) is 5.14. The number of unbranched alkanes of at least 4 members (excludes halogenated alkanes) is 3. The first-order chi connectivity index (χ1) is 7.22. The molecule has 1 amide bonds. The van der Waals surface area contributed by atoms with Gasteiger partial charge in [0.15, 0.2) is 0 Å². The molecule has 2 atom stereocenters. The number of nitrogens with one attached hydrogen (secondary N) is 3. The van der Waals surface area contributed by atoms with Crippen molar-refractivity contribution in [3.05, 3.63) is 0 Å². The Morgan fingerprint density at radius 3 is 2.87 bits per heavy atom. The fourth-order valence-corrected chi connectivity index (χ4v) is 1.79. The van der Waals surface area contributed by atoms with Crippen LogP contribution in [0.4, 0.5) is 0 Å². The average molecular weight is 213 g/mol. The Morgan fingerprint density at radius 1 is 1.40 bits per heavy atom. The first-order valence-electron chi connectivity index (χ1n) is 6.01. The maximum atomic E-state index is 11.2. The molecule has 1 rings (SSSR count). The van der Waals surface area contributed by atoms with Crippen LogP contribution < -0.4 is 16.0 Å². The normalized spacial score (nSPS) is 26.4. The van der Waals surface area contributed by atoms with Crippen LogP contribution >= 0.6 is 0 Å². The van der Waals surface area contributed by atoms with Crippen LogP contribution in [0.5, 0.6) is 0 Å². The van der Waals surface area contributed by atoms with Gasteiger partial charge in [-0.2, -0.15) is 0 Å². The third-order valence-electron chi connectivity index (χ3n) is 2.63. The standard InChI is InChI=1S/C11H23N3O/c1-3-4-5-6-7-12-11-13-9(2)8-10(15)14-11/h9,11-13H,3-8H2,1-2H3,(H,14,15). The van der Waals surface area contributed by atoms with E-state index in [1.165, 1.54) is 25.7 Å². The van der Waals surface area contributed by atoms with E-state index < -0.39 is 0 Å². The summed E-state index contributed by atoms with van der Waals surface area (Å²) in [6, 6.07) is 0.270. The molecular formula is C11H23N3O. The molecule has 0 bridgehead atoms. The monoisotopic (exact) mass is 213 g/mol. The fraction of sp³-hybridized carbons (Fsp3) is 0.909. The summed E-state index contributed by atoms with van der Waals surface area (Å²) in [5.74, 6) is 0.132. The average Bonchev–Trinajstić information content (AvgIpc) is 2.16. The van der Waals surface area contributed by atoms with Crippen molar-refractivity contribution in [1.82, 2.24) is 16.0 Å². The summed E-state index contributed by atoms with van der Waals surface area (Å²) in [4.78, 5) is 11.2. The first kappa shape index (κ1) is 12.5. The van der Waals surface area contributed by atoms with Crippen molar-refractivity contribution in [3.8, 4) is 0 Å². The van der Waals surface area contributed by atoms with Crippen molar-refractivity contribution in [2.75, 3.05) is 6.54 Å². The quantitative estimate of drug-likeness (QED) is 0.576. The summed E-state index contributed by atoms with van der Waals surface area (Å²) in [7, 11) is 0. The molecule has 4 nitrogen and oxygen atoms in total. The second kappa shape index (κ2) is 6.80. The largest absolute Gasteiger partial charge is 0.328 e. The molecule has 1 saturated heterocycles. The number of rotatable bonds is 6. The zero-order valence-corrected chi connectivity index (χ0v) is 9.81. The molecule has 1 aliphatic heterocycles. The van der Waals surface area contributed by atoms with Crippen molar-refractivity contribution in [2.45, 2.75) is 58.3 Å². The summed E-state index contributed by atoms with van der Waals surface area (Å²) >= 11 is 0. The van der Waals surface area contributed by atoms with Crippen LogP contribution in [0, 0.1) is 0 Å². The van der Waals surface area contributed by atoms with E-state index in [1.54, 1.807) is 0 Å². The van der Waals surface area contributed by atoms with Gasteiger partial charge in [0.2, 0.25) is 5.91 Å². The molecule has 1 aliphatic rings. The topological polar surface area (TPSA) is 53.2 Å². The van der Waals surface area contributed by atoms with Gasteiger partial charge in [0.25, 0.3) is 0 Å². The summed E-state index contributed by atoms with van der Waals surface area (Å²) < 4.78 is 0. The summed E-state index contributed by atoms with van der Waals surface area (Å²) in [6.07, 6.45) is 5.53. The van der Waals surface area contributed by atoms with Crippen molar-refractivity contribution >= 4 is 5.91 Å². The summed E-state index contributed by atoms with van der Waals surface area (Å²) in [5.41, 5.74) is 0. The predicted molar refractivity (Wildman–Crippen MR) is 61.3 cm³/mol. The highest BCUT2D eigenvalue weighted by Crippen LogP contribution is 2.00. The van der Waals surface area contributed by atoms with Crippen LogP contribution in [0.25, 0.3) is 0 Å². The molecule has 4 heteroatoms. The number of carbonyl (C=O) groups excluding carboxylic acids is 1. The zero-order chi connectivity index (χ0) is 11.1. The number of hydrogen-bond donors (Lipinski definition) is 3. The van der Waals surface area contributed by atoms with E-state index >= 15 is 0 Å². The SMILES string of the molecule is CCCCCCNC1NC(=O)CC(C)N1. The highest BCUT2D eigenvalue weighted by Gasteiger charge is 2.21. The zero-order valence-electron chi connectivity index (χ0n) is 9.81. The Labute approximate surface area is 92.2 Å². The molecule has 0 aromatic carbocycles. The van der Waals surface area contributed by atoms with Crippen LogP contribution in [0.3, 0.4) is 0 Å². The van der Waals surface area contributed by atoms with Crippen molar-refractivity contribution < 1.29 is 4.79 Å². The molecule has 0 saturated carbocycles. The van der Waals surface area contributed by atoms with E-state index in [-0.39, 0.29) is 18.2 Å². The van der Waals surface area contributed by atoms with Gasteiger partial charge < -0.3 is 5.32 Å². The van der Waals surface area contributed by atoms with Crippen LogP contribution in [-0.2, 0) is 4.79 Å². The van der Waals surface area contributed by atoms with Gasteiger partial charge in [-0.05, 0) is 19.9 Å². The molecule has 0 aromatic heterocycles. The van der Waals surface area contributed by atoms with E-state index in [0.29, 0.717) is 6.42 Å². The predicted octanol–water partition coefficient (Wildman–Crippen LogP) is 0.938. The molecule has 1 heterocycles. The highest BCUT2D eigenvalue weighted by molar-refractivity contribution is 5.77. The Balaban J connectivity index is 2.07. The summed E-state index contributed by atoms with van der Waals surface area (Å²) in [6.45, 7) is 5.20. The molecule has 88 valence electrons. The Hall–Kier alpha value is -0.610. The Bertz CT molecular complexity index is 196. The van der Waals surface area contributed by atoms with E-state index in [0.717, 1.165) is 6.54 Å². The minimum atomic E-state index is -0.0390. The van der Waals surface area contributed by atoms with Gasteiger partial charge in [0.05, 0.1) is 0 Å². The second-order valence-corrected chi connectivity index (χ2v) is 4.29. The first-order valence-corrected chi connectivity index (χ1v) is 6.01. The fourth-order valence-electron chi connectivity index (χ4n) is 1.79. The lowest BCUT2D eigenvalue weighted by molar-refractivity contribution is -0.124. The minimum absolute atomic E-state index is 0.0390. The van der Waals surface area contributed by atoms with Crippen LogP contribution in [0.2, 0.25) is 0 Å². The smallest absolute Gasteiger partial charge is 0.223 e. The number of carbonyl (C=O) groups is 1. The maximum absolute atomic E-state index is 11.2. The molecule has 0 aliphatic carbocycles. The third-order valence-corrected chi connectivity index (χ3v) is 2.63. The molecular weight excluding hydrogens is 190 g/mol. The van der Waals surface area contributed by atoms with E-state index in [1.807, 2.05) is 6.92 Å². The lowest BCUT2D eigenvalue weighted by Gasteiger charge is -2.30. The van der Waals surface area contributed by atoms with Gasteiger partial charge in [-0.1, -0.05) is 26.2 Å². The van der Waals surface area contributed by atoms with Gasteiger partial charge >= 0.3 is 0 Å². The number of amides is 1. The maximum Gasteiger partial charge on any atom is 0.223 e. The molecule has 0 aromatic rings. The van der Waals surface area contributed by atoms with E-state index in [2.05, 4.69) is 22.9 Å². The molecule has 3 N–H and O–H groups in total. The molecule has 0 radical (unpaired) electrons. The molecule has 0 spiro atoms. The van der Waals surface area contributed by atoms with Crippen molar-refractivity contribution in [3.63, 3.8) is 0 Å². The Morgan fingerprint density at radius 2 is 2.20 bits per heavy atom. The lowest BCUT2D eigenvalue weighted by Crippen LogP contribution is -2.62. The molecule has 2 unspecified atom stereocenters. The van der Waals surface area contributed by atoms with Crippen LogP contribution in [-0.4, -0.2) is 24.8 Å².